The molecule has 2 amide bonds. The molecule has 8 heteroatoms. The largest absolute Gasteiger partial charge is 0.454 e. The third-order valence-electron chi connectivity index (χ3n) is 2.71. The third kappa shape index (κ3) is 8.18. The van der Waals surface area contributed by atoms with Gasteiger partial charge in [-0.25, -0.2) is 0 Å². The molecule has 1 aromatic rings. The van der Waals surface area contributed by atoms with Gasteiger partial charge in [-0.15, -0.1) is 0 Å². The maximum Gasteiger partial charge on any atom is 0.325 e. The number of ether oxygens (including phenoxy) is 2. The first kappa shape index (κ1) is 18.9. The molecule has 0 fully saturated rings. The van der Waals surface area contributed by atoms with Gasteiger partial charge in [-0.3, -0.25) is 14.4 Å². The summed E-state index contributed by atoms with van der Waals surface area (Å²) < 4.78 is 9.58. The Morgan fingerprint density at radius 3 is 2.48 bits per heavy atom. The zero-order valence-electron chi connectivity index (χ0n) is 12.8. The van der Waals surface area contributed by atoms with Crippen molar-refractivity contribution < 1.29 is 23.9 Å². The predicted molar refractivity (Wildman–Crippen MR) is 84.2 cm³/mol. The minimum absolute atomic E-state index is 0.321. The highest BCUT2D eigenvalue weighted by Crippen LogP contribution is 2.09. The predicted octanol–water partition coefficient (Wildman–Crippen LogP) is 0.766. The van der Waals surface area contributed by atoms with Crippen molar-refractivity contribution in [3.8, 4) is 0 Å². The van der Waals surface area contributed by atoms with Crippen LogP contribution in [0.3, 0.4) is 0 Å². The summed E-state index contributed by atoms with van der Waals surface area (Å²) in [5, 5.41) is 5.48. The van der Waals surface area contributed by atoms with E-state index in [0.717, 1.165) is 0 Å². The number of halogens is 1. The fourth-order valence-electron chi connectivity index (χ4n) is 1.55. The molecule has 0 aliphatic rings. The van der Waals surface area contributed by atoms with Gasteiger partial charge in [-0.1, -0.05) is 11.6 Å². The number of esters is 1. The van der Waals surface area contributed by atoms with Crippen LogP contribution in [0.2, 0.25) is 5.02 Å². The minimum Gasteiger partial charge on any atom is -0.454 e. The molecule has 0 aromatic heterocycles. The molecule has 2 N–H and O–H groups in total. The van der Waals surface area contributed by atoms with Crippen LogP contribution in [0.15, 0.2) is 24.3 Å². The number of methoxy groups -OCH3 is 1. The number of carbonyl (C=O) groups is 3. The van der Waals surface area contributed by atoms with Gasteiger partial charge in [0.1, 0.15) is 6.54 Å². The van der Waals surface area contributed by atoms with Crippen molar-refractivity contribution in [1.82, 2.24) is 10.6 Å². The summed E-state index contributed by atoms with van der Waals surface area (Å²) in [4.78, 5) is 34.6. The lowest BCUT2D eigenvalue weighted by Gasteiger charge is -2.07. The van der Waals surface area contributed by atoms with Crippen molar-refractivity contribution >= 4 is 29.4 Å². The van der Waals surface area contributed by atoms with Gasteiger partial charge in [0.05, 0.1) is 0 Å². The Bertz CT molecular complexity index is 533. The van der Waals surface area contributed by atoms with Crippen molar-refractivity contribution in [2.24, 2.45) is 0 Å². The summed E-state index contributed by atoms with van der Waals surface area (Å²) in [6.07, 6.45) is 0.674. The van der Waals surface area contributed by atoms with E-state index in [1.165, 1.54) is 12.1 Å². The summed E-state index contributed by atoms with van der Waals surface area (Å²) in [6.45, 7) is 0.273. The fraction of sp³-hybridized carbons (Fsp3) is 0.400. The summed E-state index contributed by atoms with van der Waals surface area (Å²) in [5.74, 6) is -1.53. The highest BCUT2D eigenvalue weighted by Gasteiger charge is 2.10. The molecule has 0 unspecified atom stereocenters. The van der Waals surface area contributed by atoms with E-state index in [0.29, 0.717) is 30.2 Å². The molecule has 0 heterocycles. The second-order valence-corrected chi connectivity index (χ2v) is 4.98. The van der Waals surface area contributed by atoms with E-state index in [1.54, 1.807) is 19.2 Å². The molecule has 23 heavy (non-hydrogen) atoms. The monoisotopic (exact) mass is 342 g/mol. The molecule has 1 aromatic carbocycles. The van der Waals surface area contributed by atoms with Gasteiger partial charge in [0, 0.05) is 30.8 Å². The highest BCUT2D eigenvalue weighted by atomic mass is 35.5. The highest BCUT2D eigenvalue weighted by molar-refractivity contribution is 6.30. The van der Waals surface area contributed by atoms with Gasteiger partial charge in [0.2, 0.25) is 0 Å². The maximum absolute atomic E-state index is 11.7. The number of hydrogen-bond donors (Lipinski definition) is 2. The van der Waals surface area contributed by atoms with Gasteiger partial charge < -0.3 is 20.1 Å². The van der Waals surface area contributed by atoms with E-state index >= 15 is 0 Å². The number of benzene rings is 1. The molecule has 0 radical (unpaired) electrons. The lowest BCUT2D eigenvalue weighted by Crippen LogP contribution is -2.34. The van der Waals surface area contributed by atoms with E-state index in [1.807, 2.05) is 0 Å². The van der Waals surface area contributed by atoms with Crippen LogP contribution in [0.25, 0.3) is 0 Å². The third-order valence-corrected chi connectivity index (χ3v) is 2.96. The molecule has 0 bridgehead atoms. The summed E-state index contributed by atoms with van der Waals surface area (Å²) in [7, 11) is 1.57. The lowest BCUT2D eigenvalue weighted by molar-refractivity contribution is -0.147. The van der Waals surface area contributed by atoms with E-state index in [2.05, 4.69) is 10.6 Å². The van der Waals surface area contributed by atoms with Crippen LogP contribution in [-0.2, 0) is 19.1 Å². The van der Waals surface area contributed by atoms with Crippen LogP contribution in [0.5, 0.6) is 0 Å². The molecular formula is C15H19ClN2O5. The smallest absolute Gasteiger partial charge is 0.325 e. The number of carbonyl (C=O) groups excluding carboxylic acids is 3. The summed E-state index contributed by atoms with van der Waals surface area (Å²) >= 11 is 5.72. The topological polar surface area (TPSA) is 93.7 Å². The van der Waals surface area contributed by atoms with Crippen LogP contribution >= 0.6 is 11.6 Å². The average molecular weight is 343 g/mol. The maximum atomic E-state index is 11.7. The molecular weight excluding hydrogens is 324 g/mol. The zero-order chi connectivity index (χ0) is 17.1. The van der Waals surface area contributed by atoms with Gasteiger partial charge in [0.25, 0.3) is 11.8 Å². The quantitative estimate of drug-likeness (QED) is 0.510. The SMILES string of the molecule is COCCCNC(=O)COC(=O)CNC(=O)c1ccc(Cl)cc1. The van der Waals surface area contributed by atoms with Crippen LogP contribution in [0.4, 0.5) is 0 Å². The second-order valence-electron chi connectivity index (χ2n) is 4.55. The van der Waals surface area contributed by atoms with Crippen molar-refractivity contribution in [3.63, 3.8) is 0 Å². The van der Waals surface area contributed by atoms with Crippen molar-refractivity contribution in [2.75, 3.05) is 33.4 Å². The first-order valence-corrected chi connectivity index (χ1v) is 7.35. The second kappa shape index (κ2) is 10.6. The molecule has 126 valence electrons. The first-order chi connectivity index (χ1) is 11.0. The van der Waals surface area contributed by atoms with Crippen molar-refractivity contribution in [1.29, 1.82) is 0 Å². The fourth-order valence-corrected chi connectivity index (χ4v) is 1.67. The Kier molecular flexibility index (Phi) is 8.71. The van der Waals surface area contributed by atoms with E-state index < -0.39 is 17.8 Å². The van der Waals surface area contributed by atoms with Gasteiger partial charge in [-0.05, 0) is 30.7 Å². The molecule has 0 spiro atoms. The van der Waals surface area contributed by atoms with Crippen LogP contribution < -0.4 is 10.6 Å². The van der Waals surface area contributed by atoms with E-state index in [4.69, 9.17) is 21.1 Å². The number of rotatable bonds is 9. The van der Waals surface area contributed by atoms with Crippen LogP contribution in [-0.4, -0.2) is 51.2 Å². The molecule has 7 nitrogen and oxygen atoms in total. The standard InChI is InChI=1S/C15H19ClN2O5/c1-22-8-2-7-17-13(19)10-23-14(20)9-18-15(21)11-3-5-12(16)6-4-11/h3-6H,2,7-10H2,1H3,(H,17,19)(H,18,21). The molecule has 0 saturated heterocycles. The Balaban J connectivity index is 2.20. The summed E-state index contributed by atoms with van der Waals surface area (Å²) in [6, 6.07) is 6.22. The van der Waals surface area contributed by atoms with Gasteiger partial charge in [0.15, 0.2) is 6.61 Å². The van der Waals surface area contributed by atoms with Crippen LogP contribution in [0.1, 0.15) is 16.8 Å². The van der Waals surface area contributed by atoms with Crippen LogP contribution in [0, 0.1) is 0 Å². The number of hydrogen-bond acceptors (Lipinski definition) is 5. The average Bonchev–Trinajstić information content (AvgIpc) is 2.55. The summed E-state index contributed by atoms with van der Waals surface area (Å²) in [5.41, 5.74) is 0.373. The normalized spacial score (nSPS) is 10.0. The zero-order valence-corrected chi connectivity index (χ0v) is 13.5. The van der Waals surface area contributed by atoms with E-state index in [9.17, 15) is 14.4 Å². The Morgan fingerprint density at radius 2 is 1.83 bits per heavy atom. The van der Waals surface area contributed by atoms with Crippen molar-refractivity contribution in [3.05, 3.63) is 34.9 Å². The molecule has 1 rings (SSSR count). The molecule has 0 saturated carbocycles. The Morgan fingerprint density at radius 1 is 1.13 bits per heavy atom. The first-order valence-electron chi connectivity index (χ1n) is 6.98. The Labute approximate surface area is 139 Å². The molecule has 0 aliphatic carbocycles. The van der Waals surface area contributed by atoms with Crippen molar-refractivity contribution in [2.45, 2.75) is 6.42 Å². The minimum atomic E-state index is -0.695. The van der Waals surface area contributed by atoms with E-state index in [-0.39, 0.29) is 13.2 Å². The molecule has 0 atom stereocenters. The van der Waals surface area contributed by atoms with Gasteiger partial charge in [-0.2, -0.15) is 0 Å². The molecule has 0 aliphatic heterocycles. The Hall–Kier alpha value is -2.12. The number of nitrogens with one attached hydrogen (secondary N) is 2. The number of amides is 2. The lowest BCUT2D eigenvalue weighted by atomic mass is 10.2. The van der Waals surface area contributed by atoms with Gasteiger partial charge >= 0.3 is 5.97 Å².